The maximum atomic E-state index is 13.2. The number of carbonyl (C=O) groups is 1. The molecule has 0 bridgehead atoms. The van der Waals surface area contributed by atoms with Crippen molar-refractivity contribution < 1.29 is 4.79 Å². The van der Waals surface area contributed by atoms with Gasteiger partial charge in [-0.3, -0.25) is 18.5 Å². The molecule has 4 aromatic rings. The van der Waals surface area contributed by atoms with Crippen molar-refractivity contribution in [3.63, 3.8) is 0 Å². The number of hydrogen-bond donors (Lipinski definition) is 1. The third-order valence-corrected chi connectivity index (χ3v) is 7.59. The summed E-state index contributed by atoms with van der Waals surface area (Å²) in [5, 5.41) is 4.22. The largest absolute Gasteiger partial charge is 0.339 e. The molecule has 2 aromatic heterocycles. The number of aromatic nitrogens is 4. The minimum Gasteiger partial charge on any atom is -0.339 e. The Morgan fingerprint density at radius 2 is 1.61 bits per heavy atom. The predicted octanol–water partition coefficient (Wildman–Crippen LogP) is 3.80. The average molecular weight is 577 g/mol. The Balaban J connectivity index is 1.43. The molecule has 1 saturated heterocycles. The lowest BCUT2D eigenvalue weighted by molar-refractivity contribution is 0.208. The summed E-state index contributed by atoms with van der Waals surface area (Å²) < 4.78 is 4.28. The van der Waals surface area contributed by atoms with Crippen LogP contribution < -0.4 is 21.5 Å². The number of hydrogen-bond acceptors (Lipinski definition) is 5. The second kappa shape index (κ2) is 10.4. The molecule has 0 unspecified atom stereocenters. The molecule has 1 fully saturated rings. The van der Waals surface area contributed by atoms with Crippen LogP contribution in [0.2, 0.25) is 15.1 Å². The third-order valence-electron chi connectivity index (χ3n) is 6.60. The molecular weight excluding hydrogens is 553 g/mol. The van der Waals surface area contributed by atoms with E-state index < -0.39 is 11.2 Å². The summed E-state index contributed by atoms with van der Waals surface area (Å²) >= 11 is 18.1. The van der Waals surface area contributed by atoms with E-state index in [1.54, 1.807) is 42.3 Å². The quantitative estimate of drug-likeness (QED) is 0.399. The minimum absolute atomic E-state index is 0.256. The Bertz CT molecular complexity index is 1650. The van der Waals surface area contributed by atoms with Gasteiger partial charge in [0, 0.05) is 51.0 Å². The molecule has 38 heavy (non-hydrogen) atoms. The van der Waals surface area contributed by atoms with Crippen LogP contribution in [0, 0.1) is 0 Å². The van der Waals surface area contributed by atoms with E-state index in [2.05, 4.69) is 5.32 Å². The minimum atomic E-state index is -0.450. The first-order chi connectivity index (χ1) is 18.1. The van der Waals surface area contributed by atoms with Gasteiger partial charge in [0.05, 0.1) is 16.6 Å². The van der Waals surface area contributed by atoms with Gasteiger partial charge in [-0.15, -0.1) is 0 Å². The molecule has 1 aliphatic heterocycles. The summed E-state index contributed by atoms with van der Waals surface area (Å²) in [5.74, 6) is 0.554. The van der Waals surface area contributed by atoms with E-state index in [0.717, 1.165) is 10.1 Å². The number of carbonyl (C=O) groups excluding carboxylic acids is 1. The first-order valence-electron chi connectivity index (χ1n) is 11.8. The van der Waals surface area contributed by atoms with Crippen molar-refractivity contribution in [1.29, 1.82) is 0 Å². The van der Waals surface area contributed by atoms with E-state index in [-0.39, 0.29) is 6.03 Å². The Morgan fingerprint density at radius 1 is 0.921 bits per heavy atom. The topological polar surface area (TPSA) is 97.4 Å². The zero-order valence-electron chi connectivity index (χ0n) is 20.6. The van der Waals surface area contributed by atoms with Crippen molar-refractivity contribution in [2.75, 3.05) is 36.4 Å². The summed E-state index contributed by atoms with van der Waals surface area (Å²) in [5.41, 5.74) is 1.24. The van der Waals surface area contributed by atoms with E-state index in [9.17, 15) is 14.4 Å². The second-order valence-electron chi connectivity index (χ2n) is 9.04. The molecule has 10 nitrogen and oxygen atoms in total. The van der Waals surface area contributed by atoms with Crippen LogP contribution in [-0.4, -0.2) is 55.8 Å². The number of fused-ring (bicyclic) bond motifs is 1. The fraction of sp³-hybridized carbons (Fsp3) is 0.280. The summed E-state index contributed by atoms with van der Waals surface area (Å²) in [7, 11) is 3.05. The van der Waals surface area contributed by atoms with Crippen LogP contribution >= 0.6 is 34.8 Å². The number of anilines is 2. The van der Waals surface area contributed by atoms with Crippen molar-refractivity contribution in [2.45, 2.75) is 6.54 Å². The van der Waals surface area contributed by atoms with Crippen LogP contribution in [-0.2, 0) is 20.6 Å². The van der Waals surface area contributed by atoms with E-state index in [1.807, 2.05) is 21.6 Å². The highest BCUT2D eigenvalue weighted by Crippen LogP contribution is 2.26. The average Bonchev–Trinajstić information content (AvgIpc) is 3.29. The molecule has 198 valence electrons. The standard InChI is InChI=1S/C25H24Cl3N7O3/c1-31-21-20(22(36)32(2)25(31)38)35(14-15-3-5-16(26)6-4-15)23(30-21)33-9-11-34(12-10-33)24(37)29-17-7-8-18(27)19(28)13-17/h3-8,13H,9-12,14H2,1-2H3,(H,29,37). The van der Waals surface area contributed by atoms with Crippen LogP contribution in [0.1, 0.15) is 5.56 Å². The zero-order chi connectivity index (χ0) is 27.1. The van der Waals surface area contributed by atoms with Crippen LogP contribution in [0.5, 0.6) is 0 Å². The lowest BCUT2D eigenvalue weighted by Gasteiger charge is -2.35. The fourth-order valence-corrected chi connectivity index (χ4v) is 4.91. The van der Waals surface area contributed by atoms with Crippen molar-refractivity contribution >= 4 is 63.6 Å². The summed E-state index contributed by atoms with van der Waals surface area (Å²) in [6.45, 7) is 2.16. The number of nitrogens with one attached hydrogen (secondary N) is 1. The molecule has 3 heterocycles. The number of benzene rings is 2. The van der Waals surface area contributed by atoms with Gasteiger partial charge in [0.15, 0.2) is 11.2 Å². The summed E-state index contributed by atoms with van der Waals surface area (Å²) in [4.78, 5) is 47.1. The Kier molecular flexibility index (Phi) is 7.13. The highest BCUT2D eigenvalue weighted by atomic mass is 35.5. The maximum Gasteiger partial charge on any atom is 0.332 e. The highest BCUT2D eigenvalue weighted by molar-refractivity contribution is 6.42. The normalized spacial score (nSPS) is 13.8. The van der Waals surface area contributed by atoms with E-state index in [0.29, 0.717) is 70.6 Å². The SMILES string of the molecule is Cn1c(=O)c2c(nc(N3CCN(C(=O)Nc4ccc(Cl)c(Cl)c4)CC3)n2Cc2ccc(Cl)cc2)n(C)c1=O. The molecule has 2 amide bonds. The molecular formula is C25H24Cl3N7O3. The van der Waals surface area contributed by atoms with Crippen molar-refractivity contribution in [3.05, 3.63) is 83.9 Å². The smallest absolute Gasteiger partial charge is 0.332 e. The molecule has 0 radical (unpaired) electrons. The Labute approximate surface area is 232 Å². The molecule has 0 spiro atoms. The molecule has 13 heteroatoms. The van der Waals surface area contributed by atoms with Crippen molar-refractivity contribution in [1.82, 2.24) is 23.6 Å². The fourth-order valence-electron chi connectivity index (χ4n) is 4.48. The van der Waals surface area contributed by atoms with Gasteiger partial charge >= 0.3 is 11.7 Å². The van der Waals surface area contributed by atoms with Gasteiger partial charge in [0.1, 0.15) is 0 Å². The molecule has 0 saturated carbocycles. The van der Waals surface area contributed by atoms with Crippen LogP contribution in [0.4, 0.5) is 16.4 Å². The number of rotatable bonds is 4. The summed E-state index contributed by atoms with van der Waals surface area (Å²) in [6.07, 6.45) is 0. The van der Waals surface area contributed by atoms with Gasteiger partial charge in [0.25, 0.3) is 5.56 Å². The molecule has 0 atom stereocenters. The molecule has 1 aliphatic rings. The number of amides is 2. The molecule has 0 aliphatic carbocycles. The first kappa shape index (κ1) is 26.1. The number of piperazine rings is 1. The van der Waals surface area contributed by atoms with Gasteiger partial charge in [-0.05, 0) is 35.9 Å². The van der Waals surface area contributed by atoms with Gasteiger partial charge in [-0.25, -0.2) is 9.59 Å². The number of aryl methyl sites for hydroxylation is 1. The van der Waals surface area contributed by atoms with Gasteiger partial charge in [-0.1, -0.05) is 46.9 Å². The number of halogens is 3. The lowest BCUT2D eigenvalue weighted by atomic mass is 10.2. The molecule has 1 N–H and O–H groups in total. The highest BCUT2D eigenvalue weighted by Gasteiger charge is 2.27. The van der Waals surface area contributed by atoms with Gasteiger partial charge < -0.3 is 15.1 Å². The zero-order valence-corrected chi connectivity index (χ0v) is 22.9. The predicted molar refractivity (Wildman–Crippen MR) is 150 cm³/mol. The molecule has 5 rings (SSSR count). The van der Waals surface area contributed by atoms with Crippen LogP contribution in [0.25, 0.3) is 11.2 Å². The molecule has 2 aromatic carbocycles. The van der Waals surface area contributed by atoms with Crippen molar-refractivity contribution in [3.8, 4) is 0 Å². The Morgan fingerprint density at radius 3 is 2.26 bits per heavy atom. The number of imidazole rings is 1. The maximum absolute atomic E-state index is 13.2. The summed E-state index contributed by atoms with van der Waals surface area (Å²) in [6, 6.07) is 12.0. The Hall–Kier alpha value is -3.47. The number of nitrogens with zero attached hydrogens (tertiary/aromatic N) is 6. The van der Waals surface area contributed by atoms with Gasteiger partial charge in [0.2, 0.25) is 5.95 Å². The third kappa shape index (κ3) is 4.87. The lowest BCUT2D eigenvalue weighted by Crippen LogP contribution is -2.50. The number of urea groups is 1. The monoisotopic (exact) mass is 575 g/mol. The van der Waals surface area contributed by atoms with E-state index in [4.69, 9.17) is 39.8 Å². The van der Waals surface area contributed by atoms with E-state index >= 15 is 0 Å². The second-order valence-corrected chi connectivity index (χ2v) is 10.3. The van der Waals surface area contributed by atoms with Crippen LogP contribution in [0.3, 0.4) is 0 Å². The van der Waals surface area contributed by atoms with Crippen molar-refractivity contribution in [2.24, 2.45) is 14.1 Å². The first-order valence-corrected chi connectivity index (χ1v) is 12.9. The van der Waals surface area contributed by atoms with E-state index in [1.165, 1.54) is 11.6 Å². The van der Waals surface area contributed by atoms with Gasteiger partial charge in [-0.2, -0.15) is 4.98 Å². The van der Waals surface area contributed by atoms with Crippen LogP contribution in [0.15, 0.2) is 52.1 Å².